The van der Waals surface area contributed by atoms with E-state index in [1.54, 1.807) is 12.1 Å². The van der Waals surface area contributed by atoms with E-state index in [0.29, 0.717) is 23.3 Å². The van der Waals surface area contributed by atoms with Crippen LogP contribution in [0.2, 0.25) is 10.0 Å². The Bertz CT molecular complexity index is 898. The van der Waals surface area contributed by atoms with Crippen LogP contribution in [-0.4, -0.2) is 18.2 Å². The Balaban J connectivity index is 1.57. The summed E-state index contributed by atoms with van der Waals surface area (Å²) < 4.78 is 11.1. The third-order valence-corrected chi connectivity index (χ3v) is 4.81. The van der Waals surface area contributed by atoms with E-state index in [2.05, 4.69) is 10.3 Å². The minimum Gasteiger partial charge on any atom is -0.486 e. The maximum atomic E-state index is 6.24. The monoisotopic (exact) mass is 378 g/mol. The van der Waals surface area contributed by atoms with Crippen LogP contribution in [0.4, 0.5) is 10.8 Å². The molecule has 1 aliphatic heterocycles. The number of nitrogens with zero attached hydrogens (tertiary/aromatic N) is 1. The molecule has 1 aliphatic rings. The van der Waals surface area contributed by atoms with Crippen molar-refractivity contribution in [2.45, 2.75) is 0 Å². The highest BCUT2D eigenvalue weighted by atomic mass is 35.5. The highest BCUT2D eigenvalue weighted by Crippen LogP contribution is 2.36. The molecule has 1 N–H and O–H groups in total. The van der Waals surface area contributed by atoms with Gasteiger partial charge in [-0.3, -0.25) is 0 Å². The molecule has 4 nitrogen and oxygen atoms in total. The van der Waals surface area contributed by atoms with Gasteiger partial charge in [-0.2, -0.15) is 0 Å². The Kier molecular flexibility index (Phi) is 4.22. The van der Waals surface area contributed by atoms with Crippen molar-refractivity contribution in [1.82, 2.24) is 4.98 Å². The first-order chi connectivity index (χ1) is 11.7. The summed E-state index contributed by atoms with van der Waals surface area (Å²) in [5.41, 5.74) is 2.55. The predicted octanol–water partition coefficient (Wildman–Crippen LogP) is 5.63. The van der Waals surface area contributed by atoms with Gasteiger partial charge < -0.3 is 14.8 Å². The van der Waals surface area contributed by atoms with Crippen LogP contribution in [-0.2, 0) is 0 Å². The highest BCUT2D eigenvalue weighted by molar-refractivity contribution is 7.14. The Morgan fingerprint density at radius 3 is 2.67 bits per heavy atom. The molecule has 0 saturated heterocycles. The van der Waals surface area contributed by atoms with E-state index >= 15 is 0 Å². The summed E-state index contributed by atoms with van der Waals surface area (Å²) in [6.45, 7) is 1.14. The highest BCUT2D eigenvalue weighted by Gasteiger charge is 2.13. The van der Waals surface area contributed by atoms with Crippen LogP contribution in [0.3, 0.4) is 0 Å². The first-order valence-electron chi connectivity index (χ1n) is 7.27. The zero-order chi connectivity index (χ0) is 16.5. The number of fused-ring (bicyclic) bond motifs is 1. The van der Waals surface area contributed by atoms with E-state index in [1.807, 2.05) is 29.6 Å². The van der Waals surface area contributed by atoms with Gasteiger partial charge in [-0.05, 0) is 30.3 Å². The van der Waals surface area contributed by atoms with E-state index in [-0.39, 0.29) is 0 Å². The summed E-state index contributed by atoms with van der Waals surface area (Å²) in [5, 5.41) is 7.19. The predicted molar refractivity (Wildman–Crippen MR) is 98.3 cm³/mol. The lowest BCUT2D eigenvalue weighted by molar-refractivity contribution is 0.171. The summed E-state index contributed by atoms with van der Waals surface area (Å²) in [4.78, 5) is 4.59. The molecule has 3 aromatic rings. The molecular formula is C17H12Cl2N2O2S. The van der Waals surface area contributed by atoms with E-state index in [1.165, 1.54) is 11.3 Å². The molecule has 0 bridgehead atoms. The lowest BCUT2D eigenvalue weighted by Gasteiger charge is -2.18. The number of ether oxygens (including phenoxy) is 2. The summed E-state index contributed by atoms with van der Waals surface area (Å²) in [7, 11) is 0. The number of aromatic nitrogens is 1. The third-order valence-electron chi connectivity index (χ3n) is 3.50. The van der Waals surface area contributed by atoms with Gasteiger partial charge in [0.2, 0.25) is 0 Å². The second kappa shape index (κ2) is 6.51. The van der Waals surface area contributed by atoms with Crippen molar-refractivity contribution in [3.63, 3.8) is 0 Å². The van der Waals surface area contributed by atoms with Crippen molar-refractivity contribution in [2.75, 3.05) is 18.5 Å². The second-order valence-electron chi connectivity index (χ2n) is 5.15. The normalized spacial score (nSPS) is 12.9. The summed E-state index contributed by atoms with van der Waals surface area (Å²) >= 11 is 13.7. The Labute approximate surface area is 153 Å². The van der Waals surface area contributed by atoms with Gasteiger partial charge in [-0.25, -0.2) is 4.98 Å². The average molecular weight is 379 g/mol. The molecule has 2 heterocycles. The van der Waals surface area contributed by atoms with E-state index < -0.39 is 0 Å². The van der Waals surface area contributed by atoms with Crippen LogP contribution in [0.25, 0.3) is 11.3 Å². The SMILES string of the molecule is Clc1ccc(-c2csc(Nc3ccc4c(c3)OCCO4)n2)c(Cl)c1. The summed E-state index contributed by atoms with van der Waals surface area (Å²) in [6.07, 6.45) is 0. The van der Waals surface area contributed by atoms with Crippen molar-refractivity contribution in [3.8, 4) is 22.8 Å². The van der Waals surface area contributed by atoms with E-state index in [9.17, 15) is 0 Å². The zero-order valence-electron chi connectivity index (χ0n) is 12.4. The number of nitrogens with one attached hydrogen (secondary N) is 1. The number of hydrogen-bond acceptors (Lipinski definition) is 5. The van der Waals surface area contributed by atoms with E-state index in [0.717, 1.165) is 33.6 Å². The van der Waals surface area contributed by atoms with Crippen LogP contribution in [0.1, 0.15) is 0 Å². The number of benzene rings is 2. The maximum Gasteiger partial charge on any atom is 0.187 e. The van der Waals surface area contributed by atoms with Crippen LogP contribution in [0.5, 0.6) is 11.5 Å². The maximum absolute atomic E-state index is 6.24. The van der Waals surface area contributed by atoms with E-state index in [4.69, 9.17) is 32.7 Å². The standard InChI is InChI=1S/C17H12Cl2N2O2S/c18-10-1-3-12(13(19)7-10)14-9-24-17(21-14)20-11-2-4-15-16(8-11)23-6-5-22-15/h1-4,7-9H,5-6H2,(H,20,21). The number of hydrogen-bond donors (Lipinski definition) is 1. The number of thiazole rings is 1. The fraction of sp³-hybridized carbons (Fsp3) is 0.118. The molecule has 0 fully saturated rings. The van der Waals surface area contributed by atoms with Crippen LogP contribution in [0, 0.1) is 0 Å². The fourth-order valence-electron chi connectivity index (χ4n) is 2.40. The fourth-order valence-corrected chi connectivity index (χ4v) is 3.63. The molecule has 1 aromatic heterocycles. The molecule has 122 valence electrons. The minimum atomic E-state index is 0.562. The van der Waals surface area contributed by atoms with Gasteiger partial charge in [0.15, 0.2) is 16.6 Å². The van der Waals surface area contributed by atoms with Gasteiger partial charge in [0.05, 0.1) is 10.7 Å². The molecule has 0 radical (unpaired) electrons. The molecule has 0 amide bonds. The molecular weight excluding hydrogens is 367 g/mol. The zero-order valence-corrected chi connectivity index (χ0v) is 14.7. The lowest BCUT2D eigenvalue weighted by atomic mass is 10.2. The first-order valence-corrected chi connectivity index (χ1v) is 8.90. The average Bonchev–Trinajstić information content (AvgIpc) is 3.03. The van der Waals surface area contributed by atoms with Gasteiger partial charge >= 0.3 is 0 Å². The van der Waals surface area contributed by atoms with Gasteiger partial charge in [-0.15, -0.1) is 11.3 Å². The largest absolute Gasteiger partial charge is 0.486 e. The number of halogens is 2. The second-order valence-corrected chi connectivity index (χ2v) is 6.85. The molecule has 2 aromatic carbocycles. The quantitative estimate of drug-likeness (QED) is 0.640. The van der Waals surface area contributed by atoms with Gasteiger partial charge in [0.1, 0.15) is 13.2 Å². The lowest BCUT2D eigenvalue weighted by Crippen LogP contribution is -2.15. The third kappa shape index (κ3) is 3.15. The molecule has 24 heavy (non-hydrogen) atoms. The molecule has 0 saturated carbocycles. The van der Waals surface area contributed by atoms with Gasteiger partial charge in [0.25, 0.3) is 0 Å². The minimum absolute atomic E-state index is 0.562. The van der Waals surface area contributed by atoms with Crippen molar-refractivity contribution < 1.29 is 9.47 Å². The van der Waals surface area contributed by atoms with Crippen molar-refractivity contribution in [1.29, 1.82) is 0 Å². The molecule has 0 atom stereocenters. The topological polar surface area (TPSA) is 43.4 Å². The van der Waals surface area contributed by atoms with Crippen LogP contribution in [0.15, 0.2) is 41.8 Å². The van der Waals surface area contributed by atoms with Crippen LogP contribution < -0.4 is 14.8 Å². The Hall–Kier alpha value is -1.95. The Morgan fingerprint density at radius 1 is 1.00 bits per heavy atom. The molecule has 7 heteroatoms. The van der Waals surface area contributed by atoms with Gasteiger partial charge in [-0.1, -0.05) is 23.2 Å². The molecule has 0 aliphatic carbocycles. The number of anilines is 2. The number of rotatable bonds is 3. The summed E-state index contributed by atoms with van der Waals surface area (Å²) in [5.74, 6) is 1.50. The molecule has 0 spiro atoms. The van der Waals surface area contributed by atoms with Gasteiger partial charge in [0, 0.05) is 27.7 Å². The Morgan fingerprint density at radius 2 is 1.83 bits per heavy atom. The molecule has 0 unspecified atom stereocenters. The van der Waals surface area contributed by atoms with Crippen molar-refractivity contribution >= 4 is 45.4 Å². The van der Waals surface area contributed by atoms with Crippen molar-refractivity contribution in [2.24, 2.45) is 0 Å². The van der Waals surface area contributed by atoms with Crippen molar-refractivity contribution in [3.05, 3.63) is 51.8 Å². The summed E-state index contributed by atoms with van der Waals surface area (Å²) in [6, 6.07) is 11.1. The van der Waals surface area contributed by atoms with Crippen LogP contribution >= 0.6 is 34.5 Å². The first kappa shape index (κ1) is 15.6. The molecule has 4 rings (SSSR count). The smallest absolute Gasteiger partial charge is 0.187 e.